The summed E-state index contributed by atoms with van der Waals surface area (Å²) in [6, 6.07) is 6.14. The average Bonchev–Trinajstić information content (AvgIpc) is 2.60. The number of carbonyl (C=O) groups excluding carboxylic acids is 1. The molecule has 0 spiro atoms. The number of nitrogens with zero attached hydrogens (tertiary/aromatic N) is 3. The zero-order valence-electron chi connectivity index (χ0n) is 10.1. The first-order valence-electron chi connectivity index (χ1n) is 5.39. The van der Waals surface area contributed by atoms with Crippen molar-refractivity contribution in [1.29, 1.82) is 0 Å². The highest BCUT2D eigenvalue weighted by atomic mass is 19.1. The Morgan fingerprint density at radius 3 is 2.61 bits per heavy atom. The van der Waals surface area contributed by atoms with Crippen molar-refractivity contribution in [1.82, 2.24) is 14.3 Å². The van der Waals surface area contributed by atoms with E-state index in [1.807, 2.05) is 0 Å². The van der Waals surface area contributed by atoms with Crippen molar-refractivity contribution in [3.05, 3.63) is 52.0 Å². The Kier molecular flexibility index (Phi) is 3.10. The van der Waals surface area contributed by atoms with E-state index in [9.17, 15) is 14.0 Å². The van der Waals surface area contributed by atoms with Gasteiger partial charge in [0, 0.05) is 19.5 Å². The predicted molar refractivity (Wildman–Crippen MR) is 63.0 cm³/mol. The molecule has 0 atom stereocenters. The van der Waals surface area contributed by atoms with Crippen LogP contribution in [0.1, 0.15) is 23.1 Å². The second kappa shape index (κ2) is 4.56. The van der Waals surface area contributed by atoms with Crippen molar-refractivity contribution in [2.24, 2.45) is 7.05 Å². The van der Waals surface area contributed by atoms with Gasteiger partial charge in [-0.05, 0) is 6.07 Å². The fourth-order valence-corrected chi connectivity index (χ4v) is 1.69. The smallest absolute Gasteiger partial charge is 0.291 e. The van der Waals surface area contributed by atoms with Gasteiger partial charge in [0.2, 0.25) is 0 Å². The first-order valence-corrected chi connectivity index (χ1v) is 5.39. The molecule has 1 aromatic carbocycles. The van der Waals surface area contributed by atoms with Gasteiger partial charge in [0.25, 0.3) is 0 Å². The standard InChI is InChI=1S/C12H12FN3O2/c1-8(17)11-14-16(12(18)15(11)2)7-9-5-3-4-6-10(9)13/h3-6H,7H2,1-2H3. The molecule has 5 nitrogen and oxygen atoms in total. The number of carbonyl (C=O) groups is 1. The van der Waals surface area contributed by atoms with Gasteiger partial charge >= 0.3 is 5.69 Å². The molecule has 0 aliphatic rings. The first-order chi connectivity index (χ1) is 8.50. The van der Waals surface area contributed by atoms with Crippen LogP contribution in [0, 0.1) is 5.82 Å². The molecular weight excluding hydrogens is 237 g/mol. The van der Waals surface area contributed by atoms with Crippen molar-refractivity contribution in [2.75, 3.05) is 0 Å². The van der Waals surface area contributed by atoms with E-state index < -0.39 is 11.5 Å². The summed E-state index contributed by atoms with van der Waals surface area (Å²) in [6.45, 7) is 1.34. The number of hydrogen-bond acceptors (Lipinski definition) is 3. The summed E-state index contributed by atoms with van der Waals surface area (Å²) < 4.78 is 15.7. The van der Waals surface area contributed by atoms with Crippen LogP contribution in [0.4, 0.5) is 4.39 Å². The Morgan fingerprint density at radius 1 is 1.39 bits per heavy atom. The van der Waals surface area contributed by atoms with E-state index in [1.165, 1.54) is 20.0 Å². The molecule has 0 amide bonds. The lowest BCUT2D eigenvalue weighted by molar-refractivity contribution is 0.0999. The summed E-state index contributed by atoms with van der Waals surface area (Å²) in [4.78, 5) is 23.0. The number of aromatic nitrogens is 3. The van der Waals surface area contributed by atoms with Gasteiger partial charge in [-0.25, -0.2) is 13.9 Å². The summed E-state index contributed by atoms with van der Waals surface area (Å²) in [6.07, 6.45) is 0. The Bertz CT molecular complexity index is 658. The van der Waals surface area contributed by atoms with Gasteiger partial charge in [-0.1, -0.05) is 18.2 Å². The molecule has 94 valence electrons. The number of ketones is 1. The van der Waals surface area contributed by atoms with Crippen LogP contribution >= 0.6 is 0 Å². The molecule has 2 rings (SSSR count). The van der Waals surface area contributed by atoms with Crippen molar-refractivity contribution in [3.63, 3.8) is 0 Å². The monoisotopic (exact) mass is 249 g/mol. The van der Waals surface area contributed by atoms with Crippen LogP contribution in [0.5, 0.6) is 0 Å². The third kappa shape index (κ3) is 2.09. The summed E-state index contributed by atoms with van der Waals surface area (Å²) in [5, 5.41) is 3.90. The molecule has 0 aliphatic heterocycles. The molecule has 1 aromatic heterocycles. The van der Waals surface area contributed by atoms with Gasteiger partial charge in [-0.2, -0.15) is 0 Å². The van der Waals surface area contributed by atoms with E-state index in [0.29, 0.717) is 5.56 Å². The molecule has 0 fully saturated rings. The largest absolute Gasteiger partial charge is 0.346 e. The Labute approximate surface area is 102 Å². The van der Waals surface area contributed by atoms with Crippen LogP contribution in [0.15, 0.2) is 29.1 Å². The summed E-state index contributed by atoms with van der Waals surface area (Å²) in [5.74, 6) is -0.641. The number of halogens is 1. The van der Waals surface area contributed by atoms with Gasteiger partial charge in [0.05, 0.1) is 6.54 Å². The molecule has 2 aromatic rings. The maximum Gasteiger partial charge on any atom is 0.346 e. The lowest BCUT2D eigenvalue weighted by atomic mass is 10.2. The van der Waals surface area contributed by atoms with Gasteiger partial charge in [0.1, 0.15) is 5.82 Å². The summed E-state index contributed by atoms with van der Waals surface area (Å²) >= 11 is 0. The molecule has 0 unspecified atom stereocenters. The summed E-state index contributed by atoms with van der Waals surface area (Å²) in [7, 11) is 1.46. The SMILES string of the molecule is CC(=O)c1nn(Cc2ccccc2F)c(=O)n1C. The molecule has 0 N–H and O–H groups in total. The molecule has 0 radical (unpaired) electrons. The topological polar surface area (TPSA) is 56.9 Å². The van der Waals surface area contributed by atoms with E-state index in [-0.39, 0.29) is 18.2 Å². The third-order valence-corrected chi connectivity index (χ3v) is 2.63. The summed E-state index contributed by atoms with van der Waals surface area (Å²) in [5.41, 5.74) is -0.0868. The molecule has 0 saturated heterocycles. The fraction of sp³-hybridized carbons (Fsp3) is 0.250. The van der Waals surface area contributed by atoms with E-state index >= 15 is 0 Å². The molecule has 0 saturated carbocycles. The van der Waals surface area contributed by atoms with Crippen LogP contribution in [-0.2, 0) is 13.6 Å². The van der Waals surface area contributed by atoms with Crippen LogP contribution in [-0.4, -0.2) is 20.1 Å². The van der Waals surface area contributed by atoms with E-state index in [0.717, 1.165) is 9.25 Å². The molecule has 0 aliphatic carbocycles. The van der Waals surface area contributed by atoms with Gasteiger partial charge < -0.3 is 0 Å². The minimum atomic E-state index is -0.441. The maximum atomic E-state index is 13.5. The minimum absolute atomic E-state index is 0.00657. The average molecular weight is 249 g/mol. The van der Waals surface area contributed by atoms with E-state index in [1.54, 1.807) is 18.2 Å². The van der Waals surface area contributed by atoms with Crippen molar-refractivity contribution >= 4 is 5.78 Å². The lowest BCUT2D eigenvalue weighted by Gasteiger charge is -2.01. The number of Topliss-reactive ketones (excluding diaryl/α,β-unsaturated/α-hetero) is 1. The molecule has 1 heterocycles. The highest BCUT2D eigenvalue weighted by Gasteiger charge is 2.14. The molecule has 18 heavy (non-hydrogen) atoms. The highest BCUT2D eigenvalue weighted by Crippen LogP contribution is 2.07. The van der Waals surface area contributed by atoms with Crippen LogP contribution in [0.3, 0.4) is 0 Å². The number of rotatable bonds is 3. The fourth-order valence-electron chi connectivity index (χ4n) is 1.69. The van der Waals surface area contributed by atoms with E-state index in [4.69, 9.17) is 0 Å². The predicted octanol–water partition coefficient (Wildman–Crippen LogP) is 0.972. The van der Waals surface area contributed by atoms with Crippen LogP contribution < -0.4 is 5.69 Å². The van der Waals surface area contributed by atoms with Crippen molar-refractivity contribution < 1.29 is 9.18 Å². The minimum Gasteiger partial charge on any atom is -0.291 e. The van der Waals surface area contributed by atoms with Gasteiger partial charge in [-0.15, -0.1) is 5.10 Å². The Balaban J connectivity index is 2.42. The van der Waals surface area contributed by atoms with E-state index in [2.05, 4.69) is 5.10 Å². The highest BCUT2D eigenvalue weighted by molar-refractivity contribution is 5.90. The van der Waals surface area contributed by atoms with Gasteiger partial charge in [-0.3, -0.25) is 9.36 Å². The Hall–Kier alpha value is -2.24. The Morgan fingerprint density at radius 2 is 2.06 bits per heavy atom. The number of benzene rings is 1. The zero-order chi connectivity index (χ0) is 13.3. The number of hydrogen-bond donors (Lipinski definition) is 0. The lowest BCUT2D eigenvalue weighted by Crippen LogP contribution is -2.24. The first kappa shape index (κ1) is 12.2. The molecule has 0 bridgehead atoms. The molecular formula is C12H12FN3O2. The van der Waals surface area contributed by atoms with Gasteiger partial charge in [0.15, 0.2) is 11.6 Å². The second-order valence-electron chi connectivity index (χ2n) is 3.97. The maximum absolute atomic E-state index is 13.5. The van der Waals surface area contributed by atoms with Crippen molar-refractivity contribution in [2.45, 2.75) is 13.5 Å². The normalized spacial score (nSPS) is 10.6. The third-order valence-electron chi connectivity index (χ3n) is 2.63. The van der Waals surface area contributed by atoms with Crippen LogP contribution in [0.25, 0.3) is 0 Å². The molecule has 6 heteroatoms. The van der Waals surface area contributed by atoms with Crippen molar-refractivity contribution in [3.8, 4) is 0 Å². The quantitative estimate of drug-likeness (QED) is 0.762. The second-order valence-corrected chi connectivity index (χ2v) is 3.97. The van der Waals surface area contributed by atoms with Crippen LogP contribution in [0.2, 0.25) is 0 Å². The zero-order valence-corrected chi connectivity index (χ0v) is 10.1.